The molecule has 0 unspecified atom stereocenters. The van der Waals surface area contributed by atoms with Gasteiger partial charge in [-0.25, -0.2) is 9.97 Å². The van der Waals surface area contributed by atoms with E-state index in [1.54, 1.807) is 11.8 Å². The molecule has 2 N–H and O–H groups in total. The molecule has 8 heteroatoms. The van der Waals surface area contributed by atoms with Crippen LogP contribution in [0.4, 0.5) is 0 Å². The Morgan fingerprint density at radius 3 is 3.10 bits per heavy atom. The van der Waals surface area contributed by atoms with Crippen molar-refractivity contribution in [2.45, 2.75) is 31.5 Å². The van der Waals surface area contributed by atoms with E-state index in [4.69, 9.17) is 0 Å². The van der Waals surface area contributed by atoms with Gasteiger partial charge in [-0.3, -0.25) is 9.89 Å². The van der Waals surface area contributed by atoms with Gasteiger partial charge in [-0.2, -0.15) is 5.10 Å². The minimum atomic E-state index is -0.148. The van der Waals surface area contributed by atoms with Crippen LogP contribution in [0.5, 0.6) is 0 Å². The lowest BCUT2D eigenvalue weighted by atomic mass is 10.3. The Hall–Kier alpha value is -2.09. The smallest absolute Gasteiger partial charge is 0.262 e. The Bertz CT molecular complexity index is 789. The predicted molar refractivity (Wildman–Crippen MR) is 81.4 cm³/mol. The van der Waals surface area contributed by atoms with E-state index in [0.29, 0.717) is 16.2 Å². The SMILES string of the molecule is Cc1nccn1CCCCSc1nc2[nH]ncc2c(=O)[nH]1. The summed E-state index contributed by atoms with van der Waals surface area (Å²) in [6, 6.07) is 0. The normalized spacial score (nSPS) is 11.3. The lowest BCUT2D eigenvalue weighted by Gasteiger charge is -2.04. The van der Waals surface area contributed by atoms with Gasteiger partial charge in [-0.15, -0.1) is 0 Å². The van der Waals surface area contributed by atoms with Crippen LogP contribution in [0.1, 0.15) is 18.7 Å². The number of rotatable bonds is 6. The number of nitrogens with one attached hydrogen (secondary N) is 2. The number of aromatic nitrogens is 6. The number of imidazole rings is 1. The number of aromatic amines is 2. The van der Waals surface area contributed by atoms with E-state index in [-0.39, 0.29) is 5.56 Å². The van der Waals surface area contributed by atoms with Crippen molar-refractivity contribution in [3.8, 4) is 0 Å². The first-order valence-electron chi connectivity index (χ1n) is 6.78. The molecule has 110 valence electrons. The molecule has 0 radical (unpaired) electrons. The van der Waals surface area contributed by atoms with Crippen molar-refractivity contribution in [3.05, 3.63) is 34.8 Å². The predicted octanol–water partition coefficient (Wildman–Crippen LogP) is 1.72. The number of hydrogen-bond acceptors (Lipinski definition) is 5. The van der Waals surface area contributed by atoms with Crippen molar-refractivity contribution in [2.75, 3.05) is 5.75 Å². The molecule has 21 heavy (non-hydrogen) atoms. The molecule has 7 nitrogen and oxygen atoms in total. The number of unbranched alkanes of at least 4 members (excludes halogenated alkanes) is 1. The highest BCUT2D eigenvalue weighted by atomic mass is 32.2. The van der Waals surface area contributed by atoms with Crippen molar-refractivity contribution in [1.29, 1.82) is 0 Å². The van der Waals surface area contributed by atoms with E-state index in [2.05, 4.69) is 29.7 Å². The van der Waals surface area contributed by atoms with Crippen molar-refractivity contribution in [2.24, 2.45) is 0 Å². The number of hydrogen-bond donors (Lipinski definition) is 2. The van der Waals surface area contributed by atoms with Gasteiger partial charge in [-0.05, 0) is 19.8 Å². The van der Waals surface area contributed by atoms with Gasteiger partial charge in [-0.1, -0.05) is 11.8 Å². The fourth-order valence-corrected chi connectivity index (χ4v) is 2.95. The number of nitrogens with zero attached hydrogens (tertiary/aromatic N) is 4. The largest absolute Gasteiger partial charge is 0.335 e. The zero-order valence-corrected chi connectivity index (χ0v) is 12.5. The fourth-order valence-electron chi connectivity index (χ4n) is 2.09. The summed E-state index contributed by atoms with van der Waals surface area (Å²) < 4.78 is 2.14. The molecule has 3 aromatic heterocycles. The first-order chi connectivity index (χ1) is 10.2. The fraction of sp³-hybridized carbons (Fsp3) is 0.385. The van der Waals surface area contributed by atoms with Gasteiger partial charge in [0, 0.05) is 24.7 Å². The summed E-state index contributed by atoms with van der Waals surface area (Å²) in [5.41, 5.74) is 0.389. The van der Waals surface area contributed by atoms with Gasteiger partial charge in [0.25, 0.3) is 5.56 Å². The van der Waals surface area contributed by atoms with Crippen LogP contribution in [0.3, 0.4) is 0 Å². The maximum Gasteiger partial charge on any atom is 0.262 e. The third-order valence-corrected chi connectivity index (χ3v) is 4.21. The van der Waals surface area contributed by atoms with Crippen LogP contribution in [-0.4, -0.2) is 35.5 Å². The Kier molecular flexibility index (Phi) is 4.05. The lowest BCUT2D eigenvalue weighted by Crippen LogP contribution is -2.08. The molecule has 0 spiro atoms. The summed E-state index contributed by atoms with van der Waals surface area (Å²) in [5, 5.41) is 7.68. The molecule has 0 aliphatic heterocycles. The maximum absolute atomic E-state index is 11.8. The van der Waals surface area contributed by atoms with Gasteiger partial charge in [0.15, 0.2) is 10.8 Å². The standard InChI is InChI=1S/C13H16N6OS/c1-9-14-4-6-19(9)5-2-3-7-21-13-16-11-10(8-15-18-11)12(20)17-13/h4,6,8H,2-3,5,7H2,1H3,(H2,15,16,17,18,20). The maximum atomic E-state index is 11.8. The second-order valence-corrected chi connectivity index (χ2v) is 5.81. The Morgan fingerprint density at radius 2 is 2.29 bits per heavy atom. The molecule has 0 saturated heterocycles. The van der Waals surface area contributed by atoms with Crippen molar-refractivity contribution in [3.63, 3.8) is 0 Å². The third kappa shape index (κ3) is 3.15. The average Bonchev–Trinajstić information content (AvgIpc) is 3.08. The zero-order valence-electron chi connectivity index (χ0n) is 11.7. The molecule has 0 aromatic carbocycles. The average molecular weight is 304 g/mol. The van der Waals surface area contributed by atoms with E-state index < -0.39 is 0 Å². The number of H-pyrrole nitrogens is 2. The quantitative estimate of drug-likeness (QED) is 0.411. The highest BCUT2D eigenvalue weighted by molar-refractivity contribution is 7.99. The van der Waals surface area contributed by atoms with E-state index in [9.17, 15) is 4.79 Å². The topological polar surface area (TPSA) is 92.2 Å². The summed E-state index contributed by atoms with van der Waals surface area (Å²) in [6.45, 7) is 2.97. The first kappa shape index (κ1) is 13.9. The van der Waals surface area contributed by atoms with Crippen molar-refractivity contribution in [1.82, 2.24) is 29.7 Å². The van der Waals surface area contributed by atoms with Crippen LogP contribution in [0.2, 0.25) is 0 Å². The highest BCUT2D eigenvalue weighted by Gasteiger charge is 2.05. The van der Waals surface area contributed by atoms with Crippen LogP contribution in [0.25, 0.3) is 11.0 Å². The summed E-state index contributed by atoms with van der Waals surface area (Å²) in [7, 11) is 0. The first-order valence-corrected chi connectivity index (χ1v) is 7.76. The Labute approximate surface area is 125 Å². The van der Waals surface area contributed by atoms with Crippen LogP contribution < -0.4 is 5.56 Å². The molecule has 0 aliphatic rings. The van der Waals surface area contributed by atoms with Crippen LogP contribution in [0, 0.1) is 6.92 Å². The van der Waals surface area contributed by atoms with Crippen LogP contribution in [-0.2, 0) is 6.54 Å². The van der Waals surface area contributed by atoms with Gasteiger partial charge in [0.1, 0.15) is 11.2 Å². The van der Waals surface area contributed by atoms with Gasteiger partial charge < -0.3 is 9.55 Å². The molecule has 0 saturated carbocycles. The minimum absolute atomic E-state index is 0.148. The zero-order chi connectivity index (χ0) is 14.7. The molecule has 0 amide bonds. The summed E-state index contributed by atoms with van der Waals surface area (Å²) in [6.07, 6.45) is 7.42. The highest BCUT2D eigenvalue weighted by Crippen LogP contribution is 2.15. The molecular weight excluding hydrogens is 288 g/mol. The Balaban J connectivity index is 1.50. The van der Waals surface area contributed by atoms with Gasteiger partial charge >= 0.3 is 0 Å². The molecule has 3 rings (SSSR count). The molecule has 0 fully saturated rings. The van der Waals surface area contributed by atoms with E-state index in [1.807, 2.05) is 19.3 Å². The summed E-state index contributed by atoms with van der Waals surface area (Å²) in [4.78, 5) is 23.1. The van der Waals surface area contributed by atoms with Gasteiger partial charge in [0.05, 0.1) is 6.20 Å². The van der Waals surface area contributed by atoms with Crippen LogP contribution >= 0.6 is 11.8 Å². The minimum Gasteiger partial charge on any atom is -0.335 e. The second kappa shape index (κ2) is 6.13. The number of aryl methyl sites for hydroxylation is 2. The Morgan fingerprint density at radius 1 is 1.38 bits per heavy atom. The molecule has 0 atom stereocenters. The van der Waals surface area contributed by atoms with Crippen molar-refractivity contribution >= 4 is 22.8 Å². The van der Waals surface area contributed by atoms with Crippen LogP contribution in [0.15, 0.2) is 28.5 Å². The molecular formula is C13H16N6OS. The third-order valence-electron chi connectivity index (χ3n) is 3.25. The molecule has 3 heterocycles. The van der Waals surface area contributed by atoms with E-state index in [0.717, 1.165) is 31.0 Å². The number of thioether (sulfide) groups is 1. The molecule has 0 aliphatic carbocycles. The van der Waals surface area contributed by atoms with Gasteiger partial charge in [0.2, 0.25) is 0 Å². The molecule has 3 aromatic rings. The monoisotopic (exact) mass is 304 g/mol. The van der Waals surface area contributed by atoms with E-state index in [1.165, 1.54) is 6.20 Å². The van der Waals surface area contributed by atoms with E-state index >= 15 is 0 Å². The summed E-state index contributed by atoms with van der Waals surface area (Å²) in [5.74, 6) is 1.95. The molecule has 0 bridgehead atoms. The summed E-state index contributed by atoms with van der Waals surface area (Å²) >= 11 is 1.55. The second-order valence-electron chi connectivity index (χ2n) is 4.73. The number of fused-ring (bicyclic) bond motifs is 1. The van der Waals surface area contributed by atoms with Crippen molar-refractivity contribution < 1.29 is 0 Å². The lowest BCUT2D eigenvalue weighted by molar-refractivity contribution is 0.619.